The highest BCUT2D eigenvalue weighted by Gasteiger charge is 2.09. The summed E-state index contributed by atoms with van der Waals surface area (Å²) in [6, 6.07) is 8.60. The molecular weight excluding hydrogens is 242 g/mol. The molecule has 2 rings (SSSR count). The van der Waals surface area contributed by atoms with Crippen molar-refractivity contribution in [2.75, 3.05) is 18.2 Å². The van der Waals surface area contributed by atoms with Crippen LogP contribution in [0.2, 0.25) is 0 Å². The van der Waals surface area contributed by atoms with E-state index in [1.807, 2.05) is 13.0 Å². The minimum absolute atomic E-state index is 0.287. The van der Waals surface area contributed by atoms with Gasteiger partial charge in [-0.3, -0.25) is 9.78 Å². The zero-order chi connectivity index (χ0) is 13.8. The summed E-state index contributed by atoms with van der Waals surface area (Å²) in [4.78, 5) is 16.0. The van der Waals surface area contributed by atoms with Crippen LogP contribution in [0.3, 0.4) is 0 Å². The highest BCUT2D eigenvalue weighted by molar-refractivity contribution is 6.03. The van der Waals surface area contributed by atoms with Crippen molar-refractivity contribution in [3.05, 3.63) is 47.8 Å². The van der Waals surface area contributed by atoms with E-state index in [2.05, 4.69) is 10.3 Å². The summed E-state index contributed by atoms with van der Waals surface area (Å²) in [5, 5.41) is 2.79. The third kappa shape index (κ3) is 3.01. The van der Waals surface area contributed by atoms with Crippen LogP contribution < -0.4 is 15.8 Å². The van der Waals surface area contributed by atoms with Gasteiger partial charge in [0.25, 0.3) is 5.91 Å². The minimum Gasteiger partial charge on any atom is -0.497 e. The highest BCUT2D eigenvalue weighted by Crippen LogP contribution is 2.21. The maximum absolute atomic E-state index is 12.0. The number of pyridine rings is 1. The number of benzene rings is 1. The molecule has 0 aliphatic carbocycles. The summed E-state index contributed by atoms with van der Waals surface area (Å²) in [6.07, 6.45) is 1.51. The first-order valence-electron chi connectivity index (χ1n) is 5.77. The smallest absolute Gasteiger partial charge is 0.274 e. The topological polar surface area (TPSA) is 77.2 Å². The number of hydrogen-bond acceptors (Lipinski definition) is 4. The van der Waals surface area contributed by atoms with Crippen LogP contribution in [0.25, 0.3) is 0 Å². The van der Waals surface area contributed by atoms with Gasteiger partial charge in [0.05, 0.1) is 7.11 Å². The molecule has 98 valence electrons. The van der Waals surface area contributed by atoms with Gasteiger partial charge in [0, 0.05) is 17.6 Å². The number of ether oxygens (including phenoxy) is 1. The molecule has 0 radical (unpaired) electrons. The maximum Gasteiger partial charge on any atom is 0.274 e. The Labute approximate surface area is 111 Å². The quantitative estimate of drug-likeness (QED) is 0.884. The number of carbonyl (C=O) groups is 1. The van der Waals surface area contributed by atoms with Crippen LogP contribution in [0, 0.1) is 6.92 Å². The predicted octanol–water partition coefficient (Wildman–Crippen LogP) is 2.23. The van der Waals surface area contributed by atoms with Gasteiger partial charge in [0.1, 0.15) is 11.4 Å². The molecule has 1 amide bonds. The molecule has 0 saturated heterocycles. The van der Waals surface area contributed by atoms with Crippen molar-refractivity contribution in [1.82, 2.24) is 4.98 Å². The van der Waals surface area contributed by atoms with E-state index in [4.69, 9.17) is 10.5 Å². The summed E-state index contributed by atoms with van der Waals surface area (Å²) in [6.45, 7) is 1.89. The molecule has 0 fully saturated rings. The van der Waals surface area contributed by atoms with Gasteiger partial charge in [-0.15, -0.1) is 0 Å². The van der Waals surface area contributed by atoms with Gasteiger partial charge in [-0.2, -0.15) is 0 Å². The molecule has 0 atom stereocenters. The van der Waals surface area contributed by atoms with Crippen LogP contribution in [-0.2, 0) is 0 Å². The third-order valence-corrected chi connectivity index (χ3v) is 2.70. The molecule has 1 aromatic carbocycles. The number of nitrogens with two attached hydrogens (primary N) is 1. The summed E-state index contributed by atoms with van der Waals surface area (Å²) in [5.74, 6) is 0.457. The molecule has 1 heterocycles. The van der Waals surface area contributed by atoms with Crippen LogP contribution >= 0.6 is 0 Å². The number of nitrogen functional groups attached to an aromatic ring is 1. The number of nitrogens with one attached hydrogen (secondary N) is 1. The highest BCUT2D eigenvalue weighted by atomic mass is 16.5. The summed E-state index contributed by atoms with van der Waals surface area (Å²) in [5.41, 5.74) is 8.05. The Balaban J connectivity index is 2.19. The number of rotatable bonds is 3. The van der Waals surface area contributed by atoms with Crippen molar-refractivity contribution in [2.45, 2.75) is 6.92 Å². The number of methoxy groups -OCH3 is 1. The van der Waals surface area contributed by atoms with Gasteiger partial charge in [-0.05, 0) is 42.8 Å². The molecule has 19 heavy (non-hydrogen) atoms. The van der Waals surface area contributed by atoms with Gasteiger partial charge < -0.3 is 15.8 Å². The van der Waals surface area contributed by atoms with Crippen molar-refractivity contribution in [3.8, 4) is 5.75 Å². The van der Waals surface area contributed by atoms with Gasteiger partial charge in [0.2, 0.25) is 0 Å². The number of carbonyl (C=O) groups excluding carboxylic acids is 1. The first-order chi connectivity index (χ1) is 9.10. The van der Waals surface area contributed by atoms with Crippen LogP contribution in [0.4, 0.5) is 11.4 Å². The normalized spacial score (nSPS) is 10.0. The van der Waals surface area contributed by atoms with Gasteiger partial charge in [-0.1, -0.05) is 0 Å². The largest absolute Gasteiger partial charge is 0.497 e. The number of amides is 1. The second-order valence-electron chi connectivity index (χ2n) is 4.11. The Kier molecular flexibility index (Phi) is 3.66. The molecule has 0 spiro atoms. The molecule has 0 saturated carbocycles. The number of nitrogens with zero attached hydrogens (tertiary/aromatic N) is 1. The van der Waals surface area contributed by atoms with Crippen LogP contribution in [0.15, 0.2) is 36.5 Å². The van der Waals surface area contributed by atoms with Crippen molar-refractivity contribution in [2.24, 2.45) is 0 Å². The molecule has 0 unspecified atom stereocenters. The van der Waals surface area contributed by atoms with E-state index in [1.165, 1.54) is 12.3 Å². The maximum atomic E-state index is 12.0. The molecule has 0 aliphatic heterocycles. The van der Waals surface area contributed by atoms with E-state index in [-0.39, 0.29) is 11.6 Å². The summed E-state index contributed by atoms with van der Waals surface area (Å²) in [7, 11) is 1.60. The molecule has 0 aliphatic rings. The molecule has 1 aromatic heterocycles. The standard InChI is InChI=1S/C14H15N3O2/c1-9-7-11(19-2)3-4-12(9)17-14(18)13-8-10(15)5-6-16-13/h3-8H,1-2H3,(H2,15,16)(H,17,18). The molecule has 0 bridgehead atoms. The second-order valence-corrected chi connectivity index (χ2v) is 4.11. The molecular formula is C14H15N3O2. The van der Waals surface area contributed by atoms with E-state index in [0.29, 0.717) is 5.69 Å². The number of anilines is 2. The van der Waals surface area contributed by atoms with Gasteiger partial charge >= 0.3 is 0 Å². The molecule has 2 aromatic rings. The van der Waals surface area contributed by atoms with E-state index in [0.717, 1.165) is 17.0 Å². The molecule has 5 heteroatoms. The fourth-order valence-corrected chi connectivity index (χ4v) is 1.66. The Bertz CT molecular complexity index is 611. The number of aryl methyl sites for hydroxylation is 1. The lowest BCUT2D eigenvalue weighted by Crippen LogP contribution is -2.14. The third-order valence-electron chi connectivity index (χ3n) is 2.70. The first kappa shape index (κ1) is 12.9. The zero-order valence-electron chi connectivity index (χ0n) is 10.8. The van der Waals surface area contributed by atoms with E-state index >= 15 is 0 Å². The number of hydrogen-bond donors (Lipinski definition) is 2. The van der Waals surface area contributed by atoms with Crippen molar-refractivity contribution < 1.29 is 9.53 Å². The average molecular weight is 257 g/mol. The SMILES string of the molecule is COc1ccc(NC(=O)c2cc(N)ccn2)c(C)c1. The van der Waals surface area contributed by atoms with E-state index in [9.17, 15) is 4.79 Å². The Morgan fingerprint density at radius 3 is 2.74 bits per heavy atom. The molecule has 5 nitrogen and oxygen atoms in total. The lowest BCUT2D eigenvalue weighted by atomic mass is 10.2. The Hall–Kier alpha value is -2.56. The predicted molar refractivity (Wildman–Crippen MR) is 74.3 cm³/mol. The van der Waals surface area contributed by atoms with E-state index < -0.39 is 0 Å². The average Bonchev–Trinajstić information content (AvgIpc) is 2.41. The summed E-state index contributed by atoms with van der Waals surface area (Å²) < 4.78 is 5.11. The van der Waals surface area contributed by atoms with Gasteiger partial charge in [-0.25, -0.2) is 0 Å². The lowest BCUT2D eigenvalue weighted by Gasteiger charge is -2.09. The van der Waals surface area contributed by atoms with Crippen molar-refractivity contribution >= 4 is 17.3 Å². The van der Waals surface area contributed by atoms with Crippen LogP contribution in [0.5, 0.6) is 5.75 Å². The van der Waals surface area contributed by atoms with Crippen molar-refractivity contribution in [3.63, 3.8) is 0 Å². The van der Waals surface area contributed by atoms with Gasteiger partial charge in [0.15, 0.2) is 0 Å². The second kappa shape index (κ2) is 5.39. The Morgan fingerprint density at radius 1 is 1.32 bits per heavy atom. The van der Waals surface area contributed by atoms with E-state index in [1.54, 1.807) is 25.3 Å². The monoisotopic (exact) mass is 257 g/mol. The Morgan fingerprint density at radius 2 is 2.11 bits per heavy atom. The first-order valence-corrected chi connectivity index (χ1v) is 5.77. The van der Waals surface area contributed by atoms with Crippen molar-refractivity contribution in [1.29, 1.82) is 0 Å². The number of aromatic nitrogens is 1. The molecule has 3 N–H and O–H groups in total. The fraction of sp³-hybridized carbons (Fsp3) is 0.143. The zero-order valence-corrected chi connectivity index (χ0v) is 10.8. The van der Waals surface area contributed by atoms with Crippen LogP contribution in [-0.4, -0.2) is 18.0 Å². The lowest BCUT2D eigenvalue weighted by molar-refractivity contribution is 0.102. The fourth-order valence-electron chi connectivity index (χ4n) is 1.66. The minimum atomic E-state index is -0.291. The van der Waals surface area contributed by atoms with Crippen LogP contribution in [0.1, 0.15) is 16.1 Å². The summed E-state index contributed by atoms with van der Waals surface area (Å²) >= 11 is 0.